The Kier molecular flexibility index (Phi) is 3.87. The first kappa shape index (κ1) is 18.1. The molecule has 0 unspecified atom stereocenters. The van der Waals surface area contributed by atoms with Gasteiger partial charge in [-0.3, -0.25) is 9.20 Å². The third-order valence-electron chi connectivity index (χ3n) is 5.95. The van der Waals surface area contributed by atoms with E-state index in [2.05, 4.69) is 25.3 Å². The zero-order valence-corrected chi connectivity index (χ0v) is 16.9. The van der Waals surface area contributed by atoms with Crippen LogP contribution >= 0.6 is 0 Å². The van der Waals surface area contributed by atoms with Crippen molar-refractivity contribution in [2.45, 2.75) is 6.92 Å². The van der Waals surface area contributed by atoms with E-state index in [1.807, 2.05) is 49.5 Å². The molecule has 2 fully saturated rings. The molecule has 0 aliphatic carbocycles. The molecule has 31 heavy (non-hydrogen) atoms. The summed E-state index contributed by atoms with van der Waals surface area (Å²) in [7, 11) is 0. The first-order chi connectivity index (χ1) is 15.1. The average Bonchev–Trinajstić information content (AvgIpc) is 3.35. The second-order valence-corrected chi connectivity index (χ2v) is 8.30. The van der Waals surface area contributed by atoms with Crippen LogP contribution in [0.5, 0.6) is 0 Å². The molecule has 1 aromatic carbocycles. The number of amides is 1. The highest BCUT2D eigenvalue weighted by Crippen LogP contribution is 2.39. The molecule has 1 N–H and O–H groups in total. The van der Waals surface area contributed by atoms with Crippen molar-refractivity contribution >= 4 is 23.2 Å². The summed E-state index contributed by atoms with van der Waals surface area (Å²) >= 11 is 0. The van der Waals surface area contributed by atoms with E-state index in [-0.39, 0.29) is 11.3 Å². The second kappa shape index (κ2) is 6.64. The molecule has 2 saturated heterocycles. The molecule has 2 aliphatic rings. The van der Waals surface area contributed by atoms with Crippen molar-refractivity contribution in [2.24, 2.45) is 5.41 Å². The number of hydrogen-bond donors (Lipinski definition) is 1. The van der Waals surface area contributed by atoms with Gasteiger partial charge in [0.15, 0.2) is 0 Å². The van der Waals surface area contributed by atoms with Crippen LogP contribution in [-0.4, -0.2) is 51.7 Å². The van der Waals surface area contributed by atoms with Gasteiger partial charge in [-0.15, -0.1) is 0 Å². The molecule has 4 aromatic rings. The predicted molar refractivity (Wildman–Crippen MR) is 113 cm³/mol. The van der Waals surface area contributed by atoms with E-state index in [1.54, 1.807) is 10.6 Å². The van der Waals surface area contributed by atoms with E-state index < -0.39 is 0 Å². The highest BCUT2D eigenvalue weighted by Gasteiger charge is 2.50. The molecule has 2 aliphatic heterocycles. The lowest BCUT2D eigenvalue weighted by Crippen LogP contribution is -2.66. The number of ether oxygens (including phenoxy) is 1. The van der Waals surface area contributed by atoms with Crippen LogP contribution in [0.15, 0.2) is 53.3 Å². The molecule has 9 nitrogen and oxygen atoms in total. The number of anilines is 2. The van der Waals surface area contributed by atoms with Crippen LogP contribution in [0.3, 0.4) is 0 Å². The summed E-state index contributed by atoms with van der Waals surface area (Å²) < 4.78 is 12.6. The summed E-state index contributed by atoms with van der Waals surface area (Å²) in [5.74, 6) is 0.772. The molecular weight excluding hydrogens is 396 g/mol. The first-order valence-corrected chi connectivity index (χ1v) is 10.1. The van der Waals surface area contributed by atoms with Gasteiger partial charge in [-0.2, -0.15) is 4.98 Å². The summed E-state index contributed by atoms with van der Waals surface area (Å²) in [5, 5.41) is 7.11. The Morgan fingerprint density at radius 3 is 2.87 bits per heavy atom. The Morgan fingerprint density at radius 2 is 2.06 bits per heavy atom. The Balaban J connectivity index is 1.23. The van der Waals surface area contributed by atoms with Gasteiger partial charge in [-0.05, 0) is 41.9 Å². The van der Waals surface area contributed by atoms with Gasteiger partial charge in [0.25, 0.3) is 17.7 Å². The van der Waals surface area contributed by atoms with Crippen molar-refractivity contribution < 1.29 is 14.1 Å². The maximum absolute atomic E-state index is 12.9. The molecule has 1 spiro atoms. The number of nitrogens with zero attached hydrogens (tertiary/aromatic N) is 5. The number of rotatable bonds is 4. The molecule has 1 amide bonds. The van der Waals surface area contributed by atoms with Gasteiger partial charge >= 0.3 is 0 Å². The van der Waals surface area contributed by atoms with Gasteiger partial charge in [-0.1, -0.05) is 12.1 Å². The van der Waals surface area contributed by atoms with Gasteiger partial charge in [0.1, 0.15) is 11.3 Å². The lowest BCUT2D eigenvalue weighted by atomic mass is 9.78. The normalized spacial score (nSPS) is 16.9. The van der Waals surface area contributed by atoms with E-state index in [1.165, 1.54) is 0 Å². The number of benzene rings is 1. The van der Waals surface area contributed by atoms with Crippen molar-refractivity contribution in [3.8, 4) is 11.5 Å². The number of hydrogen-bond acceptors (Lipinski definition) is 7. The first-order valence-electron chi connectivity index (χ1n) is 10.1. The van der Waals surface area contributed by atoms with Crippen LogP contribution in [0.4, 0.5) is 11.6 Å². The van der Waals surface area contributed by atoms with Gasteiger partial charge in [0, 0.05) is 30.5 Å². The third kappa shape index (κ3) is 2.97. The van der Waals surface area contributed by atoms with Gasteiger partial charge in [-0.25, -0.2) is 4.98 Å². The standard InChI is InChI=1S/C22H20N6O3/c1-14-5-6-15(20-25-21(26-31-20)27-10-22(11-27)12-30-13-22)8-16(14)24-19(29)17-9-23-18-4-2-3-7-28(17)18/h2-9H,10-13H2,1H3,(H,24,29). The molecule has 6 rings (SSSR count). The lowest BCUT2D eigenvalue weighted by molar-refractivity contribution is -0.127. The topological polar surface area (TPSA) is 97.8 Å². The van der Waals surface area contributed by atoms with E-state index >= 15 is 0 Å². The number of imidazole rings is 1. The van der Waals surface area contributed by atoms with Crippen molar-refractivity contribution in [1.29, 1.82) is 0 Å². The highest BCUT2D eigenvalue weighted by atomic mass is 16.5. The molecule has 156 valence electrons. The zero-order valence-electron chi connectivity index (χ0n) is 16.9. The average molecular weight is 416 g/mol. The fourth-order valence-electron chi connectivity index (χ4n) is 4.12. The van der Waals surface area contributed by atoms with Crippen molar-refractivity contribution in [1.82, 2.24) is 19.5 Å². The zero-order chi connectivity index (χ0) is 21.0. The Hall–Kier alpha value is -3.72. The van der Waals surface area contributed by atoms with E-state index in [0.29, 0.717) is 23.2 Å². The molecule has 3 aromatic heterocycles. The lowest BCUT2D eigenvalue weighted by Gasteiger charge is -2.54. The monoisotopic (exact) mass is 416 g/mol. The van der Waals surface area contributed by atoms with Crippen molar-refractivity contribution in [2.75, 3.05) is 36.5 Å². The summed E-state index contributed by atoms with van der Waals surface area (Å²) in [6.07, 6.45) is 3.39. The van der Waals surface area contributed by atoms with Gasteiger partial charge in [0.05, 0.1) is 24.8 Å². The molecule has 0 radical (unpaired) electrons. The second-order valence-electron chi connectivity index (χ2n) is 8.30. The Morgan fingerprint density at radius 1 is 1.19 bits per heavy atom. The molecule has 0 atom stereocenters. The number of carbonyl (C=O) groups is 1. The van der Waals surface area contributed by atoms with Crippen LogP contribution in [0, 0.1) is 12.3 Å². The van der Waals surface area contributed by atoms with Gasteiger partial charge in [0.2, 0.25) is 0 Å². The van der Waals surface area contributed by atoms with Crippen LogP contribution in [0.1, 0.15) is 16.1 Å². The van der Waals surface area contributed by atoms with Crippen LogP contribution < -0.4 is 10.2 Å². The van der Waals surface area contributed by atoms with Crippen molar-refractivity contribution in [3.63, 3.8) is 0 Å². The van der Waals surface area contributed by atoms with Crippen molar-refractivity contribution in [3.05, 3.63) is 60.0 Å². The summed E-state index contributed by atoms with van der Waals surface area (Å²) in [6, 6.07) is 11.3. The molecule has 9 heteroatoms. The maximum Gasteiger partial charge on any atom is 0.274 e. The minimum atomic E-state index is -0.237. The Labute approximate surface area is 177 Å². The van der Waals surface area contributed by atoms with Crippen LogP contribution in [0.2, 0.25) is 0 Å². The quantitative estimate of drug-likeness (QED) is 0.546. The summed E-state index contributed by atoms with van der Waals surface area (Å²) in [4.78, 5) is 23.8. The number of aromatic nitrogens is 4. The SMILES string of the molecule is Cc1ccc(-c2nc(N3CC4(COC4)C3)no2)cc1NC(=O)c1cnc2ccccn12. The summed E-state index contributed by atoms with van der Waals surface area (Å²) in [6.45, 7) is 5.33. The molecule has 0 bridgehead atoms. The minimum Gasteiger partial charge on any atom is -0.380 e. The van der Waals surface area contributed by atoms with Gasteiger partial charge < -0.3 is 19.5 Å². The largest absolute Gasteiger partial charge is 0.380 e. The van der Waals surface area contributed by atoms with E-state index in [9.17, 15) is 4.79 Å². The third-order valence-corrected chi connectivity index (χ3v) is 5.95. The number of pyridine rings is 1. The molecule has 5 heterocycles. The predicted octanol–water partition coefficient (Wildman–Crippen LogP) is 2.78. The maximum atomic E-state index is 12.9. The molecular formula is C22H20N6O3. The number of aryl methyl sites for hydroxylation is 1. The number of nitrogens with one attached hydrogen (secondary N) is 1. The minimum absolute atomic E-state index is 0.237. The van der Waals surface area contributed by atoms with Crippen LogP contribution in [-0.2, 0) is 4.74 Å². The fraction of sp³-hybridized carbons (Fsp3) is 0.273. The fourth-order valence-corrected chi connectivity index (χ4v) is 4.12. The smallest absolute Gasteiger partial charge is 0.274 e. The van der Waals surface area contributed by atoms with E-state index in [0.717, 1.165) is 43.1 Å². The highest BCUT2D eigenvalue weighted by molar-refractivity contribution is 6.04. The summed E-state index contributed by atoms with van der Waals surface area (Å²) in [5.41, 5.74) is 3.83. The Bertz CT molecular complexity index is 1300. The van der Waals surface area contributed by atoms with E-state index in [4.69, 9.17) is 9.26 Å². The number of fused-ring (bicyclic) bond motifs is 1. The molecule has 0 saturated carbocycles. The van der Waals surface area contributed by atoms with Crippen LogP contribution in [0.25, 0.3) is 17.1 Å². The number of carbonyl (C=O) groups excluding carboxylic acids is 1.